The van der Waals surface area contributed by atoms with Crippen molar-refractivity contribution >= 4 is 11.9 Å². The number of aliphatic carboxylic acids is 1. The van der Waals surface area contributed by atoms with Gasteiger partial charge in [0.25, 0.3) is 0 Å². The first-order valence-corrected chi connectivity index (χ1v) is 11.9. The summed E-state index contributed by atoms with van der Waals surface area (Å²) < 4.78 is 0. The summed E-state index contributed by atoms with van der Waals surface area (Å²) >= 11 is 0. The van der Waals surface area contributed by atoms with Crippen molar-refractivity contribution < 1.29 is 14.7 Å². The highest BCUT2D eigenvalue weighted by atomic mass is 16.4. The highest BCUT2D eigenvalue weighted by Crippen LogP contribution is 2.33. The predicted molar refractivity (Wildman–Crippen MR) is 136 cm³/mol. The van der Waals surface area contributed by atoms with Gasteiger partial charge in [-0.15, -0.1) is 0 Å². The molecule has 35 heavy (non-hydrogen) atoms. The van der Waals surface area contributed by atoms with E-state index < -0.39 is 17.9 Å². The van der Waals surface area contributed by atoms with Gasteiger partial charge in [0.05, 0.1) is 5.92 Å². The standard InChI is InChI=1S/C31H27NO3/c33-30(29(23-13-6-2-7-14-23)24-15-8-3-9-16-24)32-21-26-18-10-17-25(19-22-11-4-1-5-12-22)27(26)20-28(32)31(34)35/h1-18,28-29H,19-21H2,(H,34,35)/t28-/m1/s1. The average molecular weight is 462 g/mol. The molecule has 1 amide bonds. The van der Waals surface area contributed by atoms with E-state index in [9.17, 15) is 14.7 Å². The van der Waals surface area contributed by atoms with Crippen LogP contribution in [0.5, 0.6) is 0 Å². The van der Waals surface area contributed by atoms with E-state index in [1.165, 1.54) is 5.56 Å². The largest absolute Gasteiger partial charge is 0.480 e. The molecular formula is C31H27NO3. The van der Waals surface area contributed by atoms with Gasteiger partial charge in [-0.1, -0.05) is 109 Å². The smallest absolute Gasteiger partial charge is 0.326 e. The molecule has 174 valence electrons. The summed E-state index contributed by atoms with van der Waals surface area (Å²) in [5, 5.41) is 10.2. The summed E-state index contributed by atoms with van der Waals surface area (Å²) in [7, 11) is 0. The molecule has 0 saturated heterocycles. The lowest BCUT2D eigenvalue weighted by molar-refractivity contribution is -0.151. The van der Waals surface area contributed by atoms with Crippen LogP contribution in [0.25, 0.3) is 0 Å². The maximum atomic E-state index is 14.1. The van der Waals surface area contributed by atoms with Crippen LogP contribution in [0.4, 0.5) is 0 Å². The Morgan fingerprint density at radius 1 is 0.771 bits per heavy atom. The van der Waals surface area contributed by atoms with Gasteiger partial charge >= 0.3 is 5.97 Å². The molecule has 0 spiro atoms. The Balaban J connectivity index is 1.52. The molecule has 5 rings (SSSR count). The summed E-state index contributed by atoms with van der Waals surface area (Å²) in [5.74, 6) is -1.72. The number of carboxylic acids is 1. The van der Waals surface area contributed by atoms with E-state index in [0.29, 0.717) is 6.42 Å². The number of nitrogens with zero attached hydrogens (tertiary/aromatic N) is 1. The van der Waals surface area contributed by atoms with Gasteiger partial charge in [-0.2, -0.15) is 0 Å². The van der Waals surface area contributed by atoms with E-state index in [2.05, 4.69) is 18.2 Å². The Bertz CT molecular complexity index is 1280. The van der Waals surface area contributed by atoms with Gasteiger partial charge in [-0.3, -0.25) is 4.79 Å². The lowest BCUT2D eigenvalue weighted by Gasteiger charge is -2.37. The molecule has 1 atom stereocenters. The first kappa shape index (κ1) is 22.6. The lowest BCUT2D eigenvalue weighted by Crippen LogP contribution is -2.50. The van der Waals surface area contributed by atoms with Crippen LogP contribution in [0.2, 0.25) is 0 Å². The lowest BCUT2D eigenvalue weighted by atomic mass is 9.85. The second kappa shape index (κ2) is 9.98. The zero-order valence-corrected chi connectivity index (χ0v) is 19.4. The second-order valence-electron chi connectivity index (χ2n) is 9.00. The fraction of sp³-hybridized carbons (Fsp3) is 0.161. The molecule has 1 N–H and O–H groups in total. The molecular weight excluding hydrogens is 434 g/mol. The molecule has 1 aliphatic rings. The number of hydrogen-bond donors (Lipinski definition) is 1. The highest BCUT2D eigenvalue weighted by Gasteiger charge is 2.39. The Labute approximate surface area is 205 Å². The van der Waals surface area contributed by atoms with Crippen LogP contribution >= 0.6 is 0 Å². The molecule has 0 bridgehead atoms. The summed E-state index contributed by atoms with van der Waals surface area (Å²) in [6.07, 6.45) is 1.04. The van der Waals surface area contributed by atoms with Crippen LogP contribution in [-0.4, -0.2) is 27.9 Å². The molecule has 0 unspecified atom stereocenters. The third-order valence-corrected chi connectivity index (χ3v) is 6.80. The van der Waals surface area contributed by atoms with Gasteiger partial charge in [0.2, 0.25) is 5.91 Å². The van der Waals surface area contributed by atoms with E-state index in [1.54, 1.807) is 4.90 Å². The Morgan fingerprint density at radius 3 is 1.91 bits per heavy atom. The van der Waals surface area contributed by atoms with Gasteiger partial charge in [0, 0.05) is 13.0 Å². The number of fused-ring (bicyclic) bond motifs is 1. The summed E-state index contributed by atoms with van der Waals surface area (Å²) in [5.41, 5.74) is 6.08. The molecule has 1 heterocycles. The van der Waals surface area contributed by atoms with Crippen molar-refractivity contribution in [3.63, 3.8) is 0 Å². The Morgan fingerprint density at radius 2 is 1.34 bits per heavy atom. The first-order valence-electron chi connectivity index (χ1n) is 11.9. The van der Waals surface area contributed by atoms with E-state index >= 15 is 0 Å². The number of carbonyl (C=O) groups is 2. The molecule has 4 aromatic rings. The number of rotatable bonds is 6. The van der Waals surface area contributed by atoms with Crippen molar-refractivity contribution in [1.29, 1.82) is 0 Å². The van der Waals surface area contributed by atoms with E-state index in [0.717, 1.165) is 34.2 Å². The van der Waals surface area contributed by atoms with Gasteiger partial charge in [0.1, 0.15) is 6.04 Å². The number of carboxylic acid groups (broad SMARTS) is 1. The fourth-order valence-corrected chi connectivity index (χ4v) is 5.06. The molecule has 0 radical (unpaired) electrons. The summed E-state index contributed by atoms with van der Waals surface area (Å²) in [4.78, 5) is 28.1. The van der Waals surface area contributed by atoms with Gasteiger partial charge in [-0.05, 0) is 39.8 Å². The zero-order valence-electron chi connectivity index (χ0n) is 19.4. The van der Waals surface area contributed by atoms with Crippen molar-refractivity contribution in [2.45, 2.75) is 31.3 Å². The van der Waals surface area contributed by atoms with Crippen LogP contribution in [0.1, 0.15) is 39.3 Å². The molecule has 4 aromatic carbocycles. The van der Waals surface area contributed by atoms with Crippen LogP contribution < -0.4 is 0 Å². The van der Waals surface area contributed by atoms with Crippen LogP contribution in [0.3, 0.4) is 0 Å². The van der Waals surface area contributed by atoms with Crippen molar-refractivity contribution in [2.24, 2.45) is 0 Å². The normalized spacial score (nSPS) is 15.0. The number of hydrogen-bond acceptors (Lipinski definition) is 2. The van der Waals surface area contributed by atoms with Gasteiger partial charge in [-0.25, -0.2) is 4.79 Å². The van der Waals surface area contributed by atoms with Crippen molar-refractivity contribution in [2.75, 3.05) is 0 Å². The SMILES string of the molecule is O=C(O)[C@H]1Cc2c(Cc3ccccc3)cccc2CN1C(=O)C(c1ccccc1)c1ccccc1. The minimum absolute atomic E-state index is 0.186. The molecule has 4 nitrogen and oxygen atoms in total. The first-order chi connectivity index (χ1) is 17.1. The second-order valence-corrected chi connectivity index (χ2v) is 9.00. The molecule has 0 aliphatic carbocycles. The number of amides is 1. The van der Waals surface area contributed by atoms with Gasteiger partial charge in [0.15, 0.2) is 0 Å². The third kappa shape index (κ3) is 4.73. The molecule has 4 heteroatoms. The van der Waals surface area contributed by atoms with Crippen molar-refractivity contribution in [1.82, 2.24) is 4.90 Å². The van der Waals surface area contributed by atoms with Crippen LogP contribution in [0, 0.1) is 0 Å². The predicted octanol–water partition coefficient (Wildman–Crippen LogP) is 5.45. The van der Waals surface area contributed by atoms with E-state index in [4.69, 9.17) is 0 Å². The highest BCUT2D eigenvalue weighted by molar-refractivity contribution is 5.91. The Kier molecular flexibility index (Phi) is 6.44. The number of carbonyl (C=O) groups excluding carboxylic acids is 1. The van der Waals surface area contributed by atoms with E-state index in [1.807, 2.05) is 91.0 Å². The average Bonchev–Trinajstić information content (AvgIpc) is 2.90. The Hall–Kier alpha value is -4.18. The summed E-state index contributed by atoms with van der Waals surface area (Å²) in [6.45, 7) is 0.282. The summed E-state index contributed by atoms with van der Waals surface area (Å²) in [6, 6.07) is 34.6. The van der Waals surface area contributed by atoms with Crippen LogP contribution in [0.15, 0.2) is 109 Å². The minimum Gasteiger partial charge on any atom is -0.480 e. The van der Waals surface area contributed by atoms with Crippen molar-refractivity contribution in [3.05, 3.63) is 143 Å². The number of benzene rings is 4. The van der Waals surface area contributed by atoms with E-state index in [-0.39, 0.29) is 12.5 Å². The topological polar surface area (TPSA) is 57.6 Å². The maximum absolute atomic E-state index is 14.1. The molecule has 1 aliphatic heterocycles. The fourth-order valence-electron chi connectivity index (χ4n) is 5.06. The molecule has 0 aromatic heterocycles. The van der Waals surface area contributed by atoms with Crippen LogP contribution in [-0.2, 0) is 29.0 Å². The zero-order chi connectivity index (χ0) is 24.2. The van der Waals surface area contributed by atoms with Gasteiger partial charge < -0.3 is 10.0 Å². The quantitative estimate of drug-likeness (QED) is 0.416. The maximum Gasteiger partial charge on any atom is 0.326 e. The molecule has 0 fully saturated rings. The molecule has 0 saturated carbocycles. The minimum atomic E-state index is -0.974. The monoisotopic (exact) mass is 461 g/mol. The van der Waals surface area contributed by atoms with Crippen molar-refractivity contribution in [3.8, 4) is 0 Å². The third-order valence-electron chi connectivity index (χ3n) is 6.80.